The lowest BCUT2D eigenvalue weighted by Gasteiger charge is -2.48. The van der Waals surface area contributed by atoms with Crippen LogP contribution in [0, 0.1) is 19.8 Å². The lowest BCUT2D eigenvalue weighted by molar-refractivity contribution is 0.346. The molecule has 1 aliphatic heterocycles. The first-order chi connectivity index (χ1) is 10.1. The third kappa shape index (κ3) is 3.26. The minimum Gasteiger partial charge on any atom is -0.368 e. The summed E-state index contributed by atoms with van der Waals surface area (Å²) in [6.45, 7) is 7.82. The predicted octanol–water partition coefficient (Wildman–Crippen LogP) is 4.92. The number of benzene rings is 2. The Morgan fingerprint density at radius 3 is 2.10 bits per heavy atom. The number of aryl methyl sites for hydroxylation is 2. The molecule has 0 N–H and O–H groups in total. The first kappa shape index (κ1) is 14.5. The Hall–Kier alpha value is -1.41. The van der Waals surface area contributed by atoms with E-state index in [0.717, 1.165) is 5.92 Å². The number of hydrogen-bond acceptors (Lipinski definition) is 2. The van der Waals surface area contributed by atoms with Gasteiger partial charge in [-0.3, -0.25) is 0 Å². The van der Waals surface area contributed by atoms with Crippen molar-refractivity contribution in [1.29, 1.82) is 0 Å². The van der Waals surface area contributed by atoms with Gasteiger partial charge in [-0.05, 0) is 45.0 Å². The normalized spacial score (nSPS) is 21.2. The zero-order valence-electron chi connectivity index (χ0n) is 13.0. The van der Waals surface area contributed by atoms with Crippen molar-refractivity contribution in [3.63, 3.8) is 0 Å². The van der Waals surface area contributed by atoms with Crippen LogP contribution in [-0.2, 0) is 0 Å². The summed E-state index contributed by atoms with van der Waals surface area (Å²) in [6.07, 6.45) is 0. The zero-order valence-corrected chi connectivity index (χ0v) is 13.9. The van der Waals surface area contributed by atoms with Gasteiger partial charge in [0.25, 0.3) is 0 Å². The van der Waals surface area contributed by atoms with Crippen LogP contribution in [0.5, 0.6) is 0 Å². The summed E-state index contributed by atoms with van der Waals surface area (Å²) in [6, 6.07) is 18.4. The van der Waals surface area contributed by atoms with Gasteiger partial charge in [-0.2, -0.15) is 0 Å². The molecule has 1 saturated heterocycles. The smallest absolute Gasteiger partial charge is 0.0369 e. The maximum atomic E-state index is 2.51. The first-order valence-corrected chi connectivity index (χ1v) is 8.65. The molecule has 1 aliphatic rings. The highest BCUT2D eigenvalue weighted by Crippen LogP contribution is 2.34. The van der Waals surface area contributed by atoms with Crippen LogP contribution in [0.15, 0.2) is 53.4 Å². The fraction of sp³-hybridized carbons (Fsp3) is 0.368. The van der Waals surface area contributed by atoms with Crippen molar-refractivity contribution in [3.05, 3.63) is 59.7 Å². The minimum absolute atomic E-state index is 0.644. The van der Waals surface area contributed by atoms with Crippen LogP contribution in [0.25, 0.3) is 0 Å². The van der Waals surface area contributed by atoms with Gasteiger partial charge in [0.1, 0.15) is 0 Å². The Bertz CT molecular complexity index is 586. The van der Waals surface area contributed by atoms with Crippen molar-refractivity contribution in [2.45, 2.75) is 31.7 Å². The number of nitrogens with zero attached hydrogens (tertiary/aromatic N) is 1. The molecule has 0 aliphatic carbocycles. The molecule has 3 rings (SSSR count). The van der Waals surface area contributed by atoms with E-state index < -0.39 is 0 Å². The summed E-state index contributed by atoms with van der Waals surface area (Å²) in [4.78, 5) is 3.90. The van der Waals surface area contributed by atoms with E-state index in [9.17, 15) is 0 Å². The topological polar surface area (TPSA) is 3.24 Å². The first-order valence-electron chi connectivity index (χ1n) is 7.66. The average molecular weight is 297 g/mol. The van der Waals surface area contributed by atoms with E-state index in [2.05, 4.69) is 74.2 Å². The second kappa shape index (κ2) is 6.15. The van der Waals surface area contributed by atoms with Gasteiger partial charge in [-0.1, -0.05) is 35.4 Å². The molecule has 2 atom stereocenters. The molecule has 0 radical (unpaired) electrons. The van der Waals surface area contributed by atoms with E-state index in [1.807, 2.05) is 11.8 Å². The van der Waals surface area contributed by atoms with Gasteiger partial charge >= 0.3 is 0 Å². The Labute approximate surface area is 132 Å². The molecule has 2 unspecified atom stereocenters. The van der Waals surface area contributed by atoms with Gasteiger partial charge in [-0.15, -0.1) is 11.8 Å². The number of thioether (sulfide) groups is 1. The predicted molar refractivity (Wildman–Crippen MR) is 93.4 cm³/mol. The van der Waals surface area contributed by atoms with Crippen molar-refractivity contribution >= 4 is 17.4 Å². The van der Waals surface area contributed by atoms with Gasteiger partial charge in [0.15, 0.2) is 0 Å². The van der Waals surface area contributed by atoms with Crippen LogP contribution in [0.1, 0.15) is 18.1 Å². The monoisotopic (exact) mass is 297 g/mol. The van der Waals surface area contributed by atoms with E-state index in [1.165, 1.54) is 34.0 Å². The highest BCUT2D eigenvalue weighted by Gasteiger charge is 2.35. The molecule has 0 bridgehead atoms. The standard InChI is InChI=1S/C19H23NS/c1-14-4-8-18(9-5-14)20-12-17(16(20)3)13-21-19-10-6-15(2)7-11-19/h4-11,16-17H,12-13H2,1-3H3. The summed E-state index contributed by atoms with van der Waals surface area (Å²) in [7, 11) is 0. The molecule has 1 fully saturated rings. The van der Waals surface area contributed by atoms with Crippen LogP contribution < -0.4 is 4.90 Å². The minimum atomic E-state index is 0.644. The van der Waals surface area contributed by atoms with Gasteiger partial charge < -0.3 is 4.90 Å². The molecule has 2 aromatic rings. The lowest BCUT2D eigenvalue weighted by atomic mass is 9.91. The summed E-state index contributed by atoms with van der Waals surface area (Å²) >= 11 is 1.99. The third-order valence-electron chi connectivity index (χ3n) is 4.46. The summed E-state index contributed by atoms with van der Waals surface area (Å²) in [5, 5.41) is 0. The van der Waals surface area contributed by atoms with Crippen LogP contribution in [-0.4, -0.2) is 18.3 Å². The largest absolute Gasteiger partial charge is 0.368 e. The summed E-state index contributed by atoms with van der Waals surface area (Å²) in [5.74, 6) is 2.00. The van der Waals surface area contributed by atoms with Gasteiger partial charge in [0, 0.05) is 34.8 Å². The second-order valence-corrected chi connectivity index (χ2v) is 7.21. The fourth-order valence-corrected chi connectivity index (χ4v) is 3.91. The molecule has 0 spiro atoms. The molecule has 110 valence electrons. The lowest BCUT2D eigenvalue weighted by Crippen LogP contribution is -2.55. The summed E-state index contributed by atoms with van der Waals surface area (Å²) in [5.41, 5.74) is 4.03. The van der Waals surface area contributed by atoms with E-state index in [1.54, 1.807) is 0 Å². The number of hydrogen-bond donors (Lipinski definition) is 0. The highest BCUT2D eigenvalue weighted by atomic mass is 32.2. The Balaban J connectivity index is 1.53. The van der Waals surface area contributed by atoms with E-state index in [4.69, 9.17) is 0 Å². The van der Waals surface area contributed by atoms with Crippen LogP contribution in [0.2, 0.25) is 0 Å². The highest BCUT2D eigenvalue weighted by molar-refractivity contribution is 7.99. The SMILES string of the molecule is Cc1ccc(SCC2CN(c3ccc(C)cc3)C2C)cc1. The summed E-state index contributed by atoms with van der Waals surface area (Å²) < 4.78 is 0. The van der Waals surface area contributed by atoms with Gasteiger partial charge in [0.05, 0.1) is 0 Å². The molecule has 0 amide bonds. The molecule has 0 saturated carbocycles. The van der Waals surface area contributed by atoms with E-state index in [0.29, 0.717) is 6.04 Å². The second-order valence-electron chi connectivity index (χ2n) is 6.11. The van der Waals surface area contributed by atoms with Crippen molar-refractivity contribution < 1.29 is 0 Å². The average Bonchev–Trinajstić information content (AvgIpc) is 2.49. The fourth-order valence-electron chi connectivity index (χ4n) is 2.79. The van der Waals surface area contributed by atoms with Gasteiger partial charge in [0.2, 0.25) is 0 Å². The molecule has 21 heavy (non-hydrogen) atoms. The Morgan fingerprint density at radius 2 is 1.52 bits per heavy atom. The quantitative estimate of drug-likeness (QED) is 0.737. The molecule has 2 aromatic carbocycles. The Kier molecular flexibility index (Phi) is 4.25. The molecular formula is C19H23NS. The van der Waals surface area contributed by atoms with Gasteiger partial charge in [-0.25, -0.2) is 0 Å². The molecule has 0 aromatic heterocycles. The number of anilines is 1. The molecular weight excluding hydrogens is 274 g/mol. The van der Waals surface area contributed by atoms with Crippen molar-refractivity contribution in [2.24, 2.45) is 5.92 Å². The van der Waals surface area contributed by atoms with E-state index in [-0.39, 0.29) is 0 Å². The van der Waals surface area contributed by atoms with Crippen molar-refractivity contribution in [2.75, 3.05) is 17.2 Å². The van der Waals surface area contributed by atoms with Crippen LogP contribution >= 0.6 is 11.8 Å². The van der Waals surface area contributed by atoms with Crippen LogP contribution in [0.4, 0.5) is 5.69 Å². The number of rotatable bonds is 4. The molecule has 1 nitrogen and oxygen atoms in total. The van der Waals surface area contributed by atoms with E-state index >= 15 is 0 Å². The Morgan fingerprint density at radius 1 is 0.952 bits per heavy atom. The molecule has 2 heteroatoms. The van der Waals surface area contributed by atoms with Crippen molar-refractivity contribution in [1.82, 2.24) is 0 Å². The maximum absolute atomic E-state index is 2.51. The zero-order chi connectivity index (χ0) is 14.8. The molecule has 1 heterocycles. The van der Waals surface area contributed by atoms with Crippen LogP contribution in [0.3, 0.4) is 0 Å². The third-order valence-corrected chi connectivity index (χ3v) is 5.66. The van der Waals surface area contributed by atoms with Crippen molar-refractivity contribution in [3.8, 4) is 0 Å². The maximum Gasteiger partial charge on any atom is 0.0369 e.